The van der Waals surface area contributed by atoms with Crippen molar-refractivity contribution < 1.29 is 0 Å². The Hall–Kier alpha value is -0.780. The van der Waals surface area contributed by atoms with Crippen molar-refractivity contribution in [3.05, 3.63) is 35.5 Å². The summed E-state index contributed by atoms with van der Waals surface area (Å²) in [5.41, 5.74) is 4.71. The summed E-state index contributed by atoms with van der Waals surface area (Å²) in [6.45, 7) is 29.5. The monoisotopic (exact) mass is 440 g/mol. The van der Waals surface area contributed by atoms with Gasteiger partial charge in [-0.05, 0) is 83.9 Å². The van der Waals surface area contributed by atoms with Crippen LogP contribution >= 0.6 is 0 Å². The summed E-state index contributed by atoms with van der Waals surface area (Å²) in [5.74, 6) is 1.55. The third kappa shape index (κ3) is 6.21. The molecule has 0 aromatic heterocycles. The molecule has 32 heavy (non-hydrogen) atoms. The summed E-state index contributed by atoms with van der Waals surface area (Å²) in [7, 11) is 0. The second kappa shape index (κ2) is 9.46. The van der Waals surface area contributed by atoms with Crippen molar-refractivity contribution >= 4 is 0 Å². The van der Waals surface area contributed by atoms with Crippen LogP contribution in [0.4, 0.5) is 0 Å². The minimum absolute atomic E-state index is 0.240. The van der Waals surface area contributed by atoms with E-state index in [2.05, 4.69) is 107 Å². The number of rotatable bonds is 8. The summed E-state index contributed by atoms with van der Waals surface area (Å²) in [6.07, 6.45) is 18.9. The number of hydrogen-bond donors (Lipinski definition) is 0. The number of allylic oxidation sites excluding steroid dienone is 6. The van der Waals surface area contributed by atoms with E-state index in [0.717, 1.165) is 5.92 Å². The van der Waals surface area contributed by atoms with Crippen LogP contribution in [0.15, 0.2) is 35.5 Å². The van der Waals surface area contributed by atoms with Gasteiger partial charge in [-0.15, -0.1) is 0 Å². The Kier molecular flexibility index (Phi) is 8.12. The van der Waals surface area contributed by atoms with Crippen LogP contribution in [0, 0.1) is 38.9 Å². The third-order valence-corrected chi connectivity index (χ3v) is 10.5. The van der Waals surface area contributed by atoms with Gasteiger partial charge in [0.25, 0.3) is 0 Å². The van der Waals surface area contributed by atoms with Gasteiger partial charge >= 0.3 is 0 Å². The Bertz CT molecular complexity index is 726. The summed E-state index contributed by atoms with van der Waals surface area (Å²) in [6, 6.07) is 0. The van der Waals surface area contributed by atoms with Gasteiger partial charge in [-0.3, -0.25) is 0 Å². The van der Waals surface area contributed by atoms with Crippen LogP contribution < -0.4 is 0 Å². The molecule has 0 radical (unpaired) electrons. The van der Waals surface area contributed by atoms with Crippen LogP contribution in [0.5, 0.6) is 0 Å². The zero-order valence-corrected chi connectivity index (χ0v) is 23.9. The average molecular weight is 441 g/mol. The Morgan fingerprint density at radius 1 is 0.750 bits per heavy atom. The highest BCUT2D eigenvalue weighted by Crippen LogP contribution is 2.57. The van der Waals surface area contributed by atoms with Gasteiger partial charge in [0.15, 0.2) is 0 Å². The molecule has 0 fully saturated rings. The molecule has 2 aliphatic carbocycles. The van der Waals surface area contributed by atoms with Crippen molar-refractivity contribution in [2.24, 2.45) is 38.9 Å². The van der Waals surface area contributed by atoms with Crippen LogP contribution in [0.2, 0.25) is 0 Å². The molecule has 0 spiro atoms. The van der Waals surface area contributed by atoms with Crippen molar-refractivity contribution in [1.29, 1.82) is 0 Å². The smallest absolute Gasteiger partial charge is 0.0190 e. The molecular weight excluding hydrogens is 384 g/mol. The van der Waals surface area contributed by atoms with Gasteiger partial charge in [-0.25, -0.2) is 0 Å². The van der Waals surface area contributed by atoms with Crippen LogP contribution in [-0.4, -0.2) is 0 Å². The molecule has 0 aromatic rings. The Balaban J connectivity index is 2.05. The van der Waals surface area contributed by atoms with Gasteiger partial charge in [0.05, 0.1) is 0 Å². The number of hydrogen-bond acceptors (Lipinski definition) is 0. The summed E-state index contributed by atoms with van der Waals surface area (Å²) in [5, 5.41) is 0. The molecule has 2 rings (SSSR count). The maximum Gasteiger partial charge on any atom is -0.0190 e. The molecule has 0 amide bonds. The first-order valence-electron chi connectivity index (χ1n) is 13.4. The van der Waals surface area contributed by atoms with Crippen LogP contribution in [0.25, 0.3) is 0 Å². The molecule has 2 atom stereocenters. The molecule has 2 unspecified atom stereocenters. The standard InChI is InChI=1S/C32H56/c1-24-13-15-25(16-14-24)22-30(7,8)32(11,12)31(9,10)23-27-19-17-26(18-20-27)21-29(5,6)28(2,3)4/h15,17,19-20,24,26H,13-14,16,18,21-23H2,1-12H3. The van der Waals surface area contributed by atoms with E-state index in [1.165, 1.54) is 44.9 Å². The van der Waals surface area contributed by atoms with Crippen molar-refractivity contribution in [2.75, 3.05) is 0 Å². The van der Waals surface area contributed by atoms with Crippen molar-refractivity contribution in [3.8, 4) is 0 Å². The SMILES string of the molecule is CC1CC=C(CC(C)(C)C(C)(C)C(C)(C)CC2=CCC(CC(C)(C)C(C)(C)C)C=C2)CC1. The maximum absolute atomic E-state index is 2.56. The van der Waals surface area contributed by atoms with Gasteiger partial charge < -0.3 is 0 Å². The van der Waals surface area contributed by atoms with Crippen molar-refractivity contribution in [1.82, 2.24) is 0 Å². The van der Waals surface area contributed by atoms with Gasteiger partial charge in [0, 0.05) is 0 Å². The first kappa shape index (κ1) is 27.5. The van der Waals surface area contributed by atoms with Gasteiger partial charge in [-0.2, -0.15) is 0 Å². The van der Waals surface area contributed by atoms with Gasteiger partial charge in [0.2, 0.25) is 0 Å². The van der Waals surface area contributed by atoms with Gasteiger partial charge in [-0.1, -0.05) is 119 Å². The molecule has 0 heterocycles. The van der Waals surface area contributed by atoms with E-state index in [1.54, 1.807) is 11.1 Å². The lowest BCUT2D eigenvalue weighted by molar-refractivity contribution is -0.0194. The van der Waals surface area contributed by atoms with Crippen molar-refractivity contribution in [2.45, 2.75) is 128 Å². The predicted molar refractivity (Wildman–Crippen MR) is 145 cm³/mol. The van der Waals surface area contributed by atoms with E-state index < -0.39 is 0 Å². The third-order valence-electron chi connectivity index (χ3n) is 10.5. The zero-order chi connectivity index (χ0) is 24.6. The normalized spacial score (nSPS) is 23.8. The fourth-order valence-corrected chi connectivity index (χ4v) is 5.57. The maximum atomic E-state index is 2.56. The minimum Gasteiger partial charge on any atom is -0.0850 e. The van der Waals surface area contributed by atoms with Gasteiger partial charge in [0.1, 0.15) is 0 Å². The topological polar surface area (TPSA) is 0 Å². The van der Waals surface area contributed by atoms with Crippen LogP contribution in [0.3, 0.4) is 0 Å². The Morgan fingerprint density at radius 2 is 1.34 bits per heavy atom. The van der Waals surface area contributed by atoms with E-state index in [0.29, 0.717) is 16.7 Å². The molecule has 2 aliphatic rings. The molecule has 0 nitrogen and oxygen atoms in total. The average Bonchev–Trinajstić information content (AvgIpc) is 2.63. The minimum atomic E-state index is 0.240. The second-order valence-electron chi connectivity index (χ2n) is 15.0. The zero-order valence-electron chi connectivity index (χ0n) is 23.9. The van der Waals surface area contributed by atoms with Crippen molar-refractivity contribution in [3.63, 3.8) is 0 Å². The highest BCUT2D eigenvalue weighted by molar-refractivity contribution is 5.26. The molecule has 0 heteroatoms. The predicted octanol–water partition coefficient (Wildman–Crippen LogP) is 10.6. The van der Waals surface area contributed by atoms with Crippen LogP contribution in [-0.2, 0) is 0 Å². The van der Waals surface area contributed by atoms with E-state index >= 15 is 0 Å². The fraction of sp³-hybridized carbons (Fsp3) is 0.812. The fourth-order valence-electron chi connectivity index (χ4n) is 5.57. The summed E-state index contributed by atoms with van der Waals surface area (Å²) in [4.78, 5) is 0. The Labute approximate surface area is 202 Å². The first-order chi connectivity index (χ1) is 14.4. The van der Waals surface area contributed by atoms with E-state index in [4.69, 9.17) is 0 Å². The largest absolute Gasteiger partial charge is 0.0850 e. The molecule has 0 N–H and O–H groups in total. The molecule has 0 bridgehead atoms. The lowest BCUT2D eigenvalue weighted by Gasteiger charge is -2.53. The first-order valence-corrected chi connectivity index (χ1v) is 13.4. The highest BCUT2D eigenvalue weighted by atomic mass is 14.5. The lowest BCUT2D eigenvalue weighted by atomic mass is 9.51. The Morgan fingerprint density at radius 3 is 1.81 bits per heavy atom. The van der Waals surface area contributed by atoms with E-state index in [-0.39, 0.29) is 16.2 Å². The summed E-state index contributed by atoms with van der Waals surface area (Å²) < 4.78 is 0. The highest BCUT2D eigenvalue weighted by Gasteiger charge is 2.48. The lowest BCUT2D eigenvalue weighted by Crippen LogP contribution is -2.45. The molecule has 184 valence electrons. The molecule has 0 saturated carbocycles. The molecule has 0 aromatic carbocycles. The van der Waals surface area contributed by atoms with E-state index in [1.807, 2.05) is 0 Å². The quantitative estimate of drug-likeness (QED) is 0.329. The molecule has 0 aliphatic heterocycles. The molecule has 0 saturated heterocycles. The van der Waals surface area contributed by atoms with E-state index in [9.17, 15) is 0 Å². The summed E-state index contributed by atoms with van der Waals surface area (Å²) >= 11 is 0. The second-order valence-corrected chi connectivity index (χ2v) is 15.0. The molecular formula is C32H56. The van der Waals surface area contributed by atoms with Crippen LogP contribution in [0.1, 0.15) is 128 Å².